The van der Waals surface area contributed by atoms with Gasteiger partial charge in [-0.15, -0.1) is 0 Å². The van der Waals surface area contributed by atoms with Gasteiger partial charge in [0.05, 0.1) is 13.2 Å². The number of hydrogen-bond donors (Lipinski definition) is 1. The van der Waals surface area contributed by atoms with Crippen LogP contribution in [0.2, 0.25) is 0 Å². The maximum atomic E-state index is 12.7. The van der Waals surface area contributed by atoms with Gasteiger partial charge in [-0.2, -0.15) is 0 Å². The van der Waals surface area contributed by atoms with Crippen molar-refractivity contribution in [3.05, 3.63) is 65.9 Å². The lowest BCUT2D eigenvalue weighted by atomic mass is 9.97. The van der Waals surface area contributed by atoms with Gasteiger partial charge < -0.3 is 0 Å². The lowest BCUT2D eigenvalue weighted by Crippen LogP contribution is -2.31. The summed E-state index contributed by atoms with van der Waals surface area (Å²) in [6.45, 7) is 4.87. The number of benzene rings is 2. The standard InChI is InChI=1S/C19H20NO3P/c1-19(2)12-22-24(21,23-13-19)20-11-18-16-9-5-3-7-14(16)15-8-4-6-10-17(15)18/h3-11H,12-13H2,1-2H3,(H,20,21). The third-order valence-corrected chi connectivity index (χ3v) is 5.73. The Balaban J connectivity index is 1.67. The van der Waals surface area contributed by atoms with E-state index < -0.39 is 7.75 Å². The van der Waals surface area contributed by atoms with E-state index in [1.807, 2.05) is 38.1 Å². The number of rotatable bonds is 2. The first kappa shape index (κ1) is 15.6. The third-order valence-electron chi connectivity index (χ3n) is 4.34. The molecule has 1 aliphatic heterocycles. The van der Waals surface area contributed by atoms with Crippen molar-refractivity contribution >= 4 is 13.3 Å². The first-order valence-corrected chi connectivity index (χ1v) is 9.58. The molecule has 0 amide bonds. The van der Waals surface area contributed by atoms with Crippen LogP contribution in [0.15, 0.2) is 54.7 Å². The fraction of sp³-hybridized carbons (Fsp3) is 0.263. The van der Waals surface area contributed by atoms with E-state index in [-0.39, 0.29) is 5.41 Å². The maximum absolute atomic E-state index is 12.7. The van der Waals surface area contributed by atoms with E-state index in [0.717, 1.165) is 16.7 Å². The molecule has 0 saturated carbocycles. The second kappa shape index (κ2) is 5.59. The SMILES string of the molecule is CC1(C)COP(=O)(NC=C2c3ccccc3-c3ccccc32)OC1. The van der Waals surface area contributed by atoms with Gasteiger partial charge in [0.25, 0.3) is 0 Å². The Bertz CT molecular complexity index is 811. The minimum absolute atomic E-state index is 0.116. The molecule has 24 heavy (non-hydrogen) atoms. The lowest BCUT2D eigenvalue weighted by Gasteiger charge is -2.33. The van der Waals surface area contributed by atoms with Crippen molar-refractivity contribution in [3.8, 4) is 11.1 Å². The Hall–Kier alpha value is -1.87. The molecule has 1 N–H and O–H groups in total. The van der Waals surface area contributed by atoms with Gasteiger partial charge >= 0.3 is 7.75 Å². The Kier molecular flexibility index (Phi) is 3.65. The van der Waals surface area contributed by atoms with Gasteiger partial charge in [0, 0.05) is 17.2 Å². The highest BCUT2D eigenvalue weighted by Crippen LogP contribution is 2.51. The molecule has 0 aromatic heterocycles. The van der Waals surface area contributed by atoms with Gasteiger partial charge in [-0.3, -0.25) is 14.1 Å². The molecule has 4 rings (SSSR count). The highest BCUT2D eigenvalue weighted by atomic mass is 31.2. The van der Waals surface area contributed by atoms with Gasteiger partial charge in [0.15, 0.2) is 0 Å². The van der Waals surface area contributed by atoms with E-state index in [0.29, 0.717) is 13.2 Å². The van der Waals surface area contributed by atoms with Crippen molar-refractivity contribution in [1.82, 2.24) is 5.09 Å². The zero-order valence-electron chi connectivity index (χ0n) is 13.8. The van der Waals surface area contributed by atoms with Crippen molar-refractivity contribution in [3.63, 3.8) is 0 Å². The molecule has 2 aromatic rings. The fourth-order valence-electron chi connectivity index (χ4n) is 3.02. The predicted octanol–water partition coefficient (Wildman–Crippen LogP) is 4.83. The summed E-state index contributed by atoms with van der Waals surface area (Å²) in [5, 5.41) is 2.91. The second-order valence-corrected chi connectivity index (χ2v) is 8.76. The molecule has 0 spiro atoms. The number of hydrogen-bond acceptors (Lipinski definition) is 3. The van der Waals surface area contributed by atoms with Crippen LogP contribution >= 0.6 is 7.75 Å². The molecule has 0 radical (unpaired) electrons. The van der Waals surface area contributed by atoms with E-state index in [1.165, 1.54) is 11.1 Å². The van der Waals surface area contributed by atoms with Crippen molar-refractivity contribution in [1.29, 1.82) is 0 Å². The van der Waals surface area contributed by atoms with E-state index in [9.17, 15) is 4.57 Å². The van der Waals surface area contributed by atoms with Crippen molar-refractivity contribution in [2.75, 3.05) is 13.2 Å². The van der Waals surface area contributed by atoms with Crippen LogP contribution < -0.4 is 5.09 Å². The molecule has 5 heteroatoms. The largest absolute Gasteiger partial charge is 0.432 e. The molecule has 2 aliphatic rings. The lowest BCUT2D eigenvalue weighted by molar-refractivity contribution is 0.0387. The quantitative estimate of drug-likeness (QED) is 0.679. The number of fused-ring (bicyclic) bond motifs is 3. The Morgan fingerprint density at radius 3 is 1.88 bits per heavy atom. The van der Waals surface area contributed by atoms with E-state index in [1.54, 1.807) is 6.20 Å². The smallest absolute Gasteiger partial charge is 0.299 e. The van der Waals surface area contributed by atoms with E-state index >= 15 is 0 Å². The molecule has 4 nitrogen and oxygen atoms in total. The average Bonchev–Trinajstić information content (AvgIpc) is 2.91. The molecule has 1 saturated heterocycles. The van der Waals surface area contributed by atoms with Crippen LogP contribution in [0, 0.1) is 5.41 Å². The molecular weight excluding hydrogens is 321 g/mol. The maximum Gasteiger partial charge on any atom is 0.432 e. The normalized spacial score (nSPS) is 20.2. The van der Waals surface area contributed by atoms with Gasteiger partial charge in [0.2, 0.25) is 0 Å². The van der Waals surface area contributed by atoms with Crippen LogP contribution in [0.3, 0.4) is 0 Å². The summed E-state index contributed by atoms with van der Waals surface area (Å²) < 4.78 is 23.7. The first-order valence-electron chi connectivity index (χ1n) is 8.04. The molecule has 1 fully saturated rings. The molecule has 1 heterocycles. The summed E-state index contributed by atoms with van der Waals surface area (Å²) in [5.74, 6) is 0. The Morgan fingerprint density at radius 2 is 1.38 bits per heavy atom. The topological polar surface area (TPSA) is 47.6 Å². The van der Waals surface area contributed by atoms with Crippen LogP contribution in [-0.2, 0) is 13.6 Å². The minimum Gasteiger partial charge on any atom is -0.299 e. The van der Waals surface area contributed by atoms with Crippen molar-refractivity contribution in [2.24, 2.45) is 5.41 Å². The zero-order valence-corrected chi connectivity index (χ0v) is 14.7. The Labute approximate surface area is 142 Å². The molecule has 124 valence electrons. The van der Waals surface area contributed by atoms with Crippen LogP contribution in [0.25, 0.3) is 16.7 Å². The molecule has 0 unspecified atom stereocenters. The Morgan fingerprint density at radius 1 is 0.917 bits per heavy atom. The van der Waals surface area contributed by atoms with Crippen LogP contribution in [0.1, 0.15) is 25.0 Å². The zero-order chi connectivity index (χ0) is 16.8. The van der Waals surface area contributed by atoms with Crippen LogP contribution in [0.5, 0.6) is 0 Å². The summed E-state index contributed by atoms with van der Waals surface area (Å²) in [4.78, 5) is 0. The fourth-order valence-corrected chi connectivity index (χ4v) is 4.57. The third kappa shape index (κ3) is 2.71. The summed E-state index contributed by atoms with van der Waals surface area (Å²) >= 11 is 0. The average molecular weight is 341 g/mol. The summed E-state index contributed by atoms with van der Waals surface area (Å²) in [6, 6.07) is 16.4. The van der Waals surface area contributed by atoms with Gasteiger partial charge in [-0.1, -0.05) is 62.4 Å². The van der Waals surface area contributed by atoms with Gasteiger partial charge in [-0.05, 0) is 22.3 Å². The van der Waals surface area contributed by atoms with Crippen molar-refractivity contribution in [2.45, 2.75) is 13.8 Å². The van der Waals surface area contributed by atoms with Gasteiger partial charge in [-0.25, -0.2) is 4.57 Å². The molecular formula is C19H20NO3P. The minimum atomic E-state index is -3.30. The molecule has 2 aromatic carbocycles. The highest BCUT2D eigenvalue weighted by Gasteiger charge is 2.36. The molecule has 0 bridgehead atoms. The molecule has 1 aliphatic carbocycles. The number of nitrogens with one attached hydrogen (secondary N) is 1. The van der Waals surface area contributed by atoms with Crippen LogP contribution in [-0.4, -0.2) is 13.2 Å². The summed E-state index contributed by atoms with van der Waals surface area (Å²) in [6.07, 6.45) is 1.77. The van der Waals surface area contributed by atoms with Crippen LogP contribution in [0.4, 0.5) is 0 Å². The van der Waals surface area contributed by atoms with Gasteiger partial charge in [0.1, 0.15) is 0 Å². The molecule has 0 atom stereocenters. The second-order valence-electron chi connectivity index (χ2n) is 6.99. The van der Waals surface area contributed by atoms with E-state index in [4.69, 9.17) is 9.05 Å². The van der Waals surface area contributed by atoms with E-state index in [2.05, 4.69) is 29.4 Å². The van der Waals surface area contributed by atoms with Crippen molar-refractivity contribution < 1.29 is 13.6 Å². The summed E-state index contributed by atoms with van der Waals surface area (Å²) in [7, 11) is -3.30. The first-order chi connectivity index (χ1) is 11.5. The predicted molar refractivity (Wildman–Crippen MR) is 95.4 cm³/mol. The highest BCUT2D eigenvalue weighted by molar-refractivity contribution is 7.51. The summed E-state index contributed by atoms with van der Waals surface area (Å²) in [5.41, 5.74) is 5.51. The monoisotopic (exact) mass is 341 g/mol.